The molecule has 1 aromatic carbocycles. The summed E-state index contributed by atoms with van der Waals surface area (Å²) in [5, 5.41) is 0. The molecule has 1 rings (SSSR count). The largest absolute Gasteiger partial charge is 0.445 e. The number of carbonyl (C=O) groups is 1. The summed E-state index contributed by atoms with van der Waals surface area (Å²) < 4.78 is 5.07. The fourth-order valence-electron chi connectivity index (χ4n) is 1.11. The zero-order chi connectivity index (χ0) is 11.1. The van der Waals surface area contributed by atoms with Crippen LogP contribution in [0.25, 0.3) is 0 Å². The summed E-state index contributed by atoms with van der Waals surface area (Å²) >= 11 is 0. The molecule has 4 nitrogen and oxygen atoms in total. The van der Waals surface area contributed by atoms with Gasteiger partial charge in [-0.25, -0.2) is 4.79 Å². The van der Waals surface area contributed by atoms with Crippen LogP contribution in [0.4, 0.5) is 4.79 Å². The third-order valence-electron chi connectivity index (χ3n) is 1.98. The minimum atomic E-state index is -0.343. The average molecular weight is 281 g/mol. The van der Waals surface area contributed by atoms with Crippen molar-refractivity contribution < 1.29 is 9.53 Å². The van der Waals surface area contributed by atoms with Crippen LogP contribution in [-0.2, 0) is 11.3 Å². The number of likely N-dealkylation sites (N-methyl/N-ethyl adjacent to an activating group) is 1. The van der Waals surface area contributed by atoms with Crippen LogP contribution >= 0.6 is 24.8 Å². The van der Waals surface area contributed by atoms with E-state index in [2.05, 4.69) is 0 Å². The molecule has 0 aromatic heterocycles. The molecular weight excluding hydrogens is 263 g/mol. The van der Waals surface area contributed by atoms with Crippen molar-refractivity contribution in [2.45, 2.75) is 6.61 Å². The third kappa shape index (κ3) is 7.05. The molecule has 0 saturated heterocycles. The van der Waals surface area contributed by atoms with E-state index in [1.807, 2.05) is 30.3 Å². The number of rotatable bonds is 4. The van der Waals surface area contributed by atoms with Crippen LogP contribution in [0.1, 0.15) is 5.56 Å². The zero-order valence-corrected chi connectivity index (χ0v) is 11.3. The van der Waals surface area contributed by atoms with Gasteiger partial charge >= 0.3 is 6.09 Å². The Labute approximate surface area is 114 Å². The molecule has 6 heteroatoms. The quantitative estimate of drug-likeness (QED) is 0.919. The first-order valence-electron chi connectivity index (χ1n) is 4.86. The Bertz CT molecular complexity index is 310. The second-order valence-corrected chi connectivity index (χ2v) is 3.25. The third-order valence-corrected chi connectivity index (χ3v) is 1.98. The molecule has 0 saturated carbocycles. The molecule has 0 aliphatic rings. The summed E-state index contributed by atoms with van der Waals surface area (Å²) in [6.45, 7) is 1.25. The van der Waals surface area contributed by atoms with Gasteiger partial charge in [0.25, 0.3) is 0 Å². The average Bonchev–Trinajstić information content (AvgIpc) is 2.27. The lowest BCUT2D eigenvalue weighted by Gasteiger charge is -2.15. The number of carbonyl (C=O) groups excluding carboxylic acids is 1. The van der Waals surface area contributed by atoms with E-state index < -0.39 is 0 Å². The van der Waals surface area contributed by atoms with Crippen molar-refractivity contribution in [3.05, 3.63) is 35.9 Å². The topological polar surface area (TPSA) is 55.6 Å². The molecular formula is C11H18Cl2N2O2. The van der Waals surface area contributed by atoms with Gasteiger partial charge in [0.15, 0.2) is 0 Å². The van der Waals surface area contributed by atoms with Crippen LogP contribution in [0.2, 0.25) is 0 Å². The maximum absolute atomic E-state index is 11.4. The van der Waals surface area contributed by atoms with E-state index in [0.717, 1.165) is 5.56 Å². The highest BCUT2D eigenvalue weighted by molar-refractivity contribution is 5.85. The van der Waals surface area contributed by atoms with Crippen molar-refractivity contribution in [2.75, 3.05) is 20.1 Å². The van der Waals surface area contributed by atoms with E-state index in [1.54, 1.807) is 7.05 Å². The number of amides is 1. The van der Waals surface area contributed by atoms with E-state index in [-0.39, 0.29) is 30.9 Å². The highest BCUT2D eigenvalue weighted by Crippen LogP contribution is 2.01. The smallest absolute Gasteiger partial charge is 0.409 e. The Kier molecular flexibility index (Phi) is 11.0. The molecule has 0 unspecified atom stereocenters. The van der Waals surface area contributed by atoms with Crippen LogP contribution in [0, 0.1) is 0 Å². The number of halogens is 2. The van der Waals surface area contributed by atoms with Gasteiger partial charge in [-0.1, -0.05) is 30.3 Å². The highest BCUT2D eigenvalue weighted by Gasteiger charge is 2.08. The first-order chi connectivity index (χ1) is 7.24. The molecule has 17 heavy (non-hydrogen) atoms. The first kappa shape index (κ1) is 18.4. The molecule has 0 aliphatic heterocycles. The fourth-order valence-corrected chi connectivity index (χ4v) is 1.11. The second kappa shape index (κ2) is 10.2. The van der Waals surface area contributed by atoms with Gasteiger partial charge in [0, 0.05) is 20.1 Å². The molecule has 0 bridgehead atoms. The van der Waals surface area contributed by atoms with E-state index in [1.165, 1.54) is 4.90 Å². The van der Waals surface area contributed by atoms with E-state index in [4.69, 9.17) is 10.5 Å². The number of ether oxygens (including phenoxy) is 1. The van der Waals surface area contributed by atoms with Gasteiger partial charge in [-0.05, 0) is 5.56 Å². The van der Waals surface area contributed by atoms with Crippen LogP contribution in [0.5, 0.6) is 0 Å². The minimum Gasteiger partial charge on any atom is -0.445 e. The van der Waals surface area contributed by atoms with E-state index in [9.17, 15) is 4.79 Å². The Morgan fingerprint density at radius 1 is 1.29 bits per heavy atom. The van der Waals surface area contributed by atoms with Crippen LogP contribution in [0.3, 0.4) is 0 Å². The summed E-state index contributed by atoms with van der Waals surface area (Å²) in [5.41, 5.74) is 6.30. The van der Waals surface area contributed by atoms with E-state index in [0.29, 0.717) is 19.7 Å². The number of hydrogen-bond donors (Lipinski definition) is 1. The van der Waals surface area contributed by atoms with Crippen LogP contribution in [0.15, 0.2) is 30.3 Å². The lowest BCUT2D eigenvalue weighted by molar-refractivity contribution is 0.106. The first-order valence-corrected chi connectivity index (χ1v) is 4.86. The van der Waals surface area contributed by atoms with Crippen molar-refractivity contribution in [2.24, 2.45) is 5.73 Å². The lowest BCUT2D eigenvalue weighted by Crippen LogP contribution is -2.32. The van der Waals surface area contributed by atoms with Crippen molar-refractivity contribution in [1.29, 1.82) is 0 Å². The molecule has 2 N–H and O–H groups in total. The van der Waals surface area contributed by atoms with Crippen LogP contribution in [-0.4, -0.2) is 31.1 Å². The standard InChI is InChI=1S/C11H16N2O2.2ClH/c1-13(8-7-12)11(14)15-9-10-5-3-2-4-6-10;;/h2-6H,7-9,12H2,1H3;2*1H. The van der Waals surface area contributed by atoms with Gasteiger partial charge in [0.05, 0.1) is 0 Å². The number of benzene rings is 1. The molecule has 0 heterocycles. The Hall–Kier alpha value is -0.970. The second-order valence-electron chi connectivity index (χ2n) is 3.25. The molecule has 98 valence electrons. The number of hydrogen-bond acceptors (Lipinski definition) is 3. The summed E-state index contributed by atoms with van der Waals surface area (Å²) in [6.07, 6.45) is -0.343. The molecule has 1 aromatic rings. The molecule has 0 atom stereocenters. The molecule has 1 amide bonds. The van der Waals surface area contributed by atoms with Gasteiger partial charge < -0.3 is 15.4 Å². The Morgan fingerprint density at radius 2 is 1.88 bits per heavy atom. The van der Waals surface area contributed by atoms with E-state index >= 15 is 0 Å². The van der Waals surface area contributed by atoms with Gasteiger partial charge in [-0.3, -0.25) is 0 Å². The van der Waals surface area contributed by atoms with Gasteiger partial charge in [-0.2, -0.15) is 0 Å². The summed E-state index contributed by atoms with van der Waals surface area (Å²) in [5.74, 6) is 0. The summed E-state index contributed by atoms with van der Waals surface area (Å²) in [6, 6.07) is 9.57. The summed E-state index contributed by atoms with van der Waals surface area (Å²) in [4.78, 5) is 12.8. The SMILES string of the molecule is CN(CCN)C(=O)OCc1ccccc1.Cl.Cl. The highest BCUT2D eigenvalue weighted by atomic mass is 35.5. The maximum Gasteiger partial charge on any atom is 0.409 e. The lowest BCUT2D eigenvalue weighted by atomic mass is 10.2. The predicted molar refractivity (Wildman–Crippen MR) is 72.8 cm³/mol. The van der Waals surface area contributed by atoms with Crippen molar-refractivity contribution in [3.8, 4) is 0 Å². The van der Waals surface area contributed by atoms with Crippen molar-refractivity contribution in [3.63, 3.8) is 0 Å². The summed E-state index contributed by atoms with van der Waals surface area (Å²) in [7, 11) is 1.67. The number of nitrogens with zero attached hydrogens (tertiary/aromatic N) is 1. The normalized spacial score (nSPS) is 8.59. The Balaban J connectivity index is 0. The predicted octanol–water partition coefficient (Wildman–Crippen LogP) is 2.06. The van der Waals surface area contributed by atoms with Gasteiger partial charge in [0.1, 0.15) is 6.61 Å². The molecule has 0 fully saturated rings. The van der Waals surface area contributed by atoms with Crippen LogP contribution < -0.4 is 5.73 Å². The maximum atomic E-state index is 11.4. The molecule has 0 spiro atoms. The molecule has 0 aliphatic carbocycles. The van der Waals surface area contributed by atoms with Gasteiger partial charge in [0.2, 0.25) is 0 Å². The van der Waals surface area contributed by atoms with Gasteiger partial charge in [-0.15, -0.1) is 24.8 Å². The monoisotopic (exact) mass is 280 g/mol. The number of nitrogens with two attached hydrogens (primary N) is 1. The Morgan fingerprint density at radius 3 is 2.41 bits per heavy atom. The zero-order valence-electron chi connectivity index (χ0n) is 9.67. The molecule has 0 radical (unpaired) electrons. The van der Waals surface area contributed by atoms with Crippen molar-refractivity contribution in [1.82, 2.24) is 4.90 Å². The fraction of sp³-hybridized carbons (Fsp3) is 0.364. The van der Waals surface area contributed by atoms with Crippen molar-refractivity contribution >= 4 is 30.9 Å². The minimum absolute atomic E-state index is 0.